The molecule has 0 saturated carbocycles. The summed E-state index contributed by atoms with van der Waals surface area (Å²) in [6, 6.07) is 2.94. The topological polar surface area (TPSA) is 56.9 Å². The van der Waals surface area contributed by atoms with Crippen LogP contribution in [0.4, 0.5) is 13.2 Å². The summed E-state index contributed by atoms with van der Waals surface area (Å²) in [5, 5.41) is 3.64. The molecule has 0 aliphatic heterocycles. The third-order valence-electron chi connectivity index (χ3n) is 3.96. The second-order valence-corrected chi connectivity index (χ2v) is 7.08. The minimum absolute atomic E-state index is 0.0172. The highest BCUT2D eigenvalue weighted by Gasteiger charge is 2.39. The molecule has 3 rings (SSSR count). The van der Waals surface area contributed by atoms with Crippen LogP contribution in [0.5, 0.6) is 0 Å². The van der Waals surface area contributed by atoms with Crippen molar-refractivity contribution in [3.63, 3.8) is 0 Å². The molecule has 2 aromatic heterocycles. The Morgan fingerprint density at radius 2 is 1.76 bits per heavy atom. The van der Waals surface area contributed by atoms with Gasteiger partial charge in [-0.2, -0.15) is 13.2 Å². The molecule has 5 nitrogen and oxygen atoms in total. The van der Waals surface area contributed by atoms with Crippen LogP contribution in [0.25, 0.3) is 15.8 Å². The van der Waals surface area contributed by atoms with Crippen molar-refractivity contribution in [3.8, 4) is 5.69 Å². The number of aromatic nitrogens is 3. The maximum atomic E-state index is 13.3. The molecule has 1 aromatic carbocycles. The Morgan fingerprint density at radius 3 is 2.36 bits per heavy atom. The van der Waals surface area contributed by atoms with E-state index >= 15 is 0 Å². The first-order chi connectivity index (χ1) is 11.5. The van der Waals surface area contributed by atoms with Crippen LogP contribution in [0.3, 0.4) is 0 Å². The van der Waals surface area contributed by atoms with Crippen LogP contribution in [0, 0.1) is 20.8 Å². The summed E-state index contributed by atoms with van der Waals surface area (Å²) in [7, 11) is 1.15. The monoisotopic (exact) mass is 369 g/mol. The average Bonchev–Trinajstić information content (AvgIpc) is 2.78. The molecule has 0 radical (unpaired) electrons. The molecular weight excluding hydrogens is 355 g/mol. The van der Waals surface area contributed by atoms with Gasteiger partial charge in [-0.15, -0.1) is 16.4 Å². The Kier molecular flexibility index (Phi) is 3.86. The van der Waals surface area contributed by atoms with Crippen molar-refractivity contribution in [2.75, 3.05) is 0 Å². The van der Waals surface area contributed by atoms with Crippen molar-refractivity contribution in [1.82, 2.24) is 14.3 Å². The van der Waals surface area contributed by atoms with Gasteiger partial charge >= 0.3 is 11.9 Å². The van der Waals surface area contributed by atoms with Crippen molar-refractivity contribution in [1.29, 1.82) is 0 Å². The van der Waals surface area contributed by atoms with Gasteiger partial charge in [0.25, 0.3) is 0 Å². The van der Waals surface area contributed by atoms with Crippen LogP contribution in [0.2, 0.25) is 0 Å². The predicted molar refractivity (Wildman–Crippen MR) is 89.7 cm³/mol. The SMILES string of the molecule is Cc1cc(=O)c2c(C)c(-n3c(C(F)(F)F)nn(C)c3=O)cc(C)c2s1. The van der Waals surface area contributed by atoms with Crippen LogP contribution in [-0.2, 0) is 13.2 Å². The Balaban J connectivity index is 2.50. The fourth-order valence-corrected chi connectivity index (χ4v) is 3.91. The van der Waals surface area contributed by atoms with Gasteiger partial charge in [0.1, 0.15) is 0 Å². The van der Waals surface area contributed by atoms with E-state index in [0.717, 1.165) is 11.9 Å². The van der Waals surface area contributed by atoms with E-state index in [1.165, 1.54) is 23.5 Å². The van der Waals surface area contributed by atoms with Crippen LogP contribution >= 0.6 is 11.3 Å². The zero-order chi connectivity index (χ0) is 18.7. The van der Waals surface area contributed by atoms with Gasteiger partial charge in [0.15, 0.2) is 5.43 Å². The molecule has 0 atom stereocenters. The smallest absolute Gasteiger partial charge is 0.289 e. The van der Waals surface area contributed by atoms with Crippen LogP contribution < -0.4 is 11.1 Å². The van der Waals surface area contributed by atoms with Crippen LogP contribution in [0.15, 0.2) is 21.7 Å². The highest BCUT2D eigenvalue weighted by Crippen LogP contribution is 2.33. The molecule has 0 amide bonds. The van der Waals surface area contributed by atoms with E-state index in [0.29, 0.717) is 30.5 Å². The molecule has 25 heavy (non-hydrogen) atoms. The normalized spacial score (nSPS) is 12.1. The van der Waals surface area contributed by atoms with Gasteiger partial charge in [-0.3, -0.25) is 4.79 Å². The van der Waals surface area contributed by atoms with E-state index in [2.05, 4.69) is 5.10 Å². The van der Waals surface area contributed by atoms with Gasteiger partial charge in [0.05, 0.1) is 5.69 Å². The van der Waals surface area contributed by atoms with Crippen molar-refractivity contribution in [2.45, 2.75) is 26.9 Å². The molecule has 0 saturated heterocycles. The van der Waals surface area contributed by atoms with E-state index in [-0.39, 0.29) is 11.1 Å². The van der Waals surface area contributed by atoms with Crippen molar-refractivity contribution in [3.05, 3.63) is 54.7 Å². The number of halogens is 3. The third kappa shape index (κ3) is 2.68. The predicted octanol–water partition coefficient (Wildman–Crippen LogP) is 3.09. The molecule has 0 aliphatic carbocycles. The summed E-state index contributed by atoms with van der Waals surface area (Å²) in [6.45, 7) is 5.04. The van der Waals surface area contributed by atoms with E-state index in [1.807, 2.05) is 0 Å². The summed E-state index contributed by atoms with van der Waals surface area (Å²) in [5.41, 5.74) is -0.229. The summed E-state index contributed by atoms with van der Waals surface area (Å²) in [6.07, 6.45) is -4.80. The summed E-state index contributed by atoms with van der Waals surface area (Å²) < 4.78 is 41.8. The average molecular weight is 369 g/mol. The fraction of sp³-hybridized carbons (Fsp3) is 0.312. The number of alkyl halides is 3. The van der Waals surface area contributed by atoms with Crippen molar-refractivity contribution >= 4 is 21.4 Å². The van der Waals surface area contributed by atoms with Gasteiger partial charge in [0, 0.05) is 22.0 Å². The number of rotatable bonds is 1. The quantitative estimate of drug-likeness (QED) is 0.662. The lowest BCUT2D eigenvalue weighted by molar-refractivity contribution is -0.146. The fourth-order valence-electron chi connectivity index (χ4n) is 2.85. The first kappa shape index (κ1) is 17.4. The molecule has 2 heterocycles. The number of hydrogen-bond acceptors (Lipinski definition) is 4. The number of fused-ring (bicyclic) bond motifs is 1. The molecule has 0 N–H and O–H groups in total. The molecule has 9 heteroatoms. The van der Waals surface area contributed by atoms with Gasteiger partial charge in [-0.1, -0.05) is 0 Å². The summed E-state index contributed by atoms with van der Waals surface area (Å²) in [4.78, 5) is 25.5. The number of benzene rings is 1. The standard InChI is InChI=1S/C16H14F3N3O2S/c1-7-5-10(9(3)12-11(23)6-8(2)25-13(7)12)22-14(16(17,18)19)20-21(4)15(22)24/h5-6H,1-4H3. The van der Waals surface area contributed by atoms with Crippen LogP contribution in [0.1, 0.15) is 21.8 Å². The molecule has 0 fully saturated rings. The Labute approximate surface area is 144 Å². The van der Waals surface area contributed by atoms with Crippen molar-refractivity contribution < 1.29 is 13.2 Å². The molecular formula is C16H14F3N3O2S. The minimum atomic E-state index is -4.80. The summed E-state index contributed by atoms with van der Waals surface area (Å²) >= 11 is 1.39. The van der Waals surface area contributed by atoms with E-state index in [4.69, 9.17) is 0 Å². The van der Waals surface area contributed by atoms with Gasteiger partial charge in [-0.25, -0.2) is 14.0 Å². The zero-order valence-corrected chi connectivity index (χ0v) is 14.7. The van der Waals surface area contributed by atoms with E-state index < -0.39 is 17.7 Å². The van der Waals surface area contributed by atoms with E-state index in [9.17, 15) is 22.8 Å². The van der Waals surface area contributed by atoms with Gasteiger partial charge in [-0.05, 0) is 44.0 Å². The van der Waals surface area contributed by atoms with Crippen LogP contribution in [-0.4, -0.2) is 14.3 Å². The maximum Gasteiger partial charge on any atom is 0.452 e. The van der Waals surface area contributed by atoms with Crippen molar-refractivity contribution in [2.24, 2.45) is 7.05 Å². The van der Waals surface area contributed by atoms with Gasteiger partial charge < -0.3 is 0 Å². The lowest BCUT2D eigenvalue weighted by atomic mass is 10.0. The number of aryl methyl sites for hydroxylation is 4. The first-order valence-corrected chi connectivity index (χ1v) is 8.12. The molecule has 0 spiro atoms. The molecule has 0 unspecified atom stereocenters. The Hall–Kier alpha value is -2.42. The Morgan fingerprint density at radius 1 is 1.12 bits per heavy atom. The van der Waals surface area contributed by atoms with Gasteiger partial charge in [0.2, 0.25) is 5.82 Å². The largest absolute Gasteiger partial charge is 0.452 e. The highest BCUT2D eigenvalue weighted by molar-refractivity contribution is 7.18. The van der Waals surface area contributed by atoms with E-state index in [1.54, 1.807) is 20.8 Å². The third-order valence-corrected chi connectivity index (χ3v) is 5.13. The first-order valence-electron chi connectivity index (χ1n) is 7.30. The zero-order valence-electron chi connectivity index (χ0n) is 13.9. The minimum Gasteiger partial charge on any atom is -0.289 e. The molecule has 0 aliphatic rings. The lowest BCUT2D eigenvalue weighted by Gasteiger charge is -2.14. The second kappa shape index (κ2) is 5.55. The Bertz CT molecular complexity index is 1120. The highest BCUT2D eigenvalue weighted by atomic mass is 32.1. The molecule has 3 aromatic rings. The number of hydrogen-bond donors (Lipinski definition) is 0. The molecule has 132 valence electrons. The maximum absolute atomic E-state index is 13.3. The lowest BCUT2D eigenvalue weighted by Crippen LogP contribution is -2.25. The molecule has 0 bridgehead atoms. The number of nitrogens with zero attached hydrogens (tertiary/aromatic N) is 3. The second-order valence-electron chi connectivity index (χ2n) is 5.83. The summed E-state index contributed by atoms with van der Waals surface area (Å²) in [5.74, 6) is -1.31.